The Morgan fingerprint density at radius 2 is 2.00 bits per heavy atom. The number of anilines is 1. The van der Waals surface area contributed by atoms with Crippen LogP contribution in [0.1, 0.15) is 37.4 Å². The van der Waals surface area contributed by atoms with Crippen LogP contribution in [0.5, 0.6) is 5.75 Å². The van der Waals surface area contributed by atoms with Gasteiger partial charge in [-0.05, 0) is 32.9 Å². The van der Waals surface area contributed by atoms with Gasteiger partial charge in [0.15, 0.2) is 5.13 Å². The van der Waals surface area contributed by atoms with Crippen molar-refractivity contribution in [2.75, 3.05) is 18.5 Å². The van der Waals surface area contributed by atoms with Crippen molar-refractivity contribution in [1.82, 2.24) is 9.88 Å². The third-order valence-electron chi connectivity index (χ3n) is 4.85. The fourth-order valence-electron chi connectivity index (χ4n) is 3.59. The van der Waals surface area contributed by atoms with E-state index in [1.165, 1.54) is 35.6 Å². The number of benzene rings is 1. The van der Waals surface area contributed by atoms with E-state index in [9.17, 15) is 19.7 Å². The van der Waals surface area contributed by atoms with Gasteiger partial charge in [-0.15, -0.1) is 0 Å². The lowest BCUT2D eigenvalue weighted by molar-refractivity contribution is -0.384. The van der Waals surface area contributed by atoms with Gasteiger partial charge in [0.1, 0.15) is 11.4 Å². The highest BCUT2D eigenvalue weighted by molar-refractivity contribution is 7.16. The summed E-state index contributed by atoms with van der Waals surface area (Å²) < 4.78 is 16.4. The zero-order chi connectivity index (χ0) is 23.0. The molecule has 0 aliphatic carbocycles. The van der Waals surface area contributed by atoms with E-state index in [1.807, 2.05) is 0 Å². The number of ether oxygens (including phenoxy) is 3. The number of carbonyl (C=O) groups excluding carboxylic acids is 2. The number of aromatic nitrogens is 1. The fourth-order valence-corrected chi connectivity index (χ4v) is 4.66. The predicted molar refractivity (Wildman–Crippen MR) is 114 cm³/mol. The van der Waals surface area contributed by atoms with Crippen LogP contribution in [0.15, 0.2) is 24.3 Å². The standard InChI is InChI=1S/C20H22N4O7S/c1-20(2,3)31-18(25)22-17-21-14-8-12-9-29-10-15(16(14)32-17)23(12)19(26)30-13-6-4-11(5-7-13)24(27)28/h4-7,12,15H,8-10H2,1-3H3,(H,21,22,25)/t12-,15-/m0/s1. The first kappa shape index (κ1) is 22.0. The average Bonchev–Trinajstić information content (AvgIpc) is 3.08. The highest BCUT2D eigenvalue weighted by atomic mass is 32.1. The van der Waals surface area contributed by atoms with Crippen molar-refractivity contribution < 1.29 is 28.7 Å². The Kier molecular flexibility index (Phi) is 5.73. The van der Waals surface area contributed by atoms with E-state index in [0.29, 0.717) is 18.2 Å². The van der Waals surface area contributed by atoms with Crippen molar-refractivity contribution in [2.24, 2.45) is 0 Å². The Balaban J connectivity index is 1.50. The van der Waals surface area contributed by atoms with Crippen LogP contribution >= 0.6 is 11.3 Å². The van der Waals surface area contributed by atoms with E-state index in [4.69, 9.17) is 14.2 Å². The lowest BCUT2D eigenvalue weighted by atomic mass is 9.97. The van der Waals surface area contributed by atoms with Gasteiger partial charge in [-0.3, -0.25) is 20.3 Å². The largest absolute Gasteiger partial charge is 0.444 e. The summed E-state index contributed by atoms with van der Waals surface area (Å²) in [5.74, 6) is 0.210. The molecule has 2 atom stereocenters. The van der Waals surface area contributed by atoms with E-state index in [-0.39, 0.29) is 24.1 Å². The number of thiazole rings is 1. The molecule has 2 bridgehead atoms. The fraction of sp³-hybridized carbons (Fsp3) is 0.450. The van der Waals surface area contributed by atoms with Crippen LogP contribution in [0, 0.1) is 10.1 Å². The maximum atomic E-state index is 13.0. The molecular weight excluding hydrogens is 440 g/mol. The summed E-state index contributed by atoms with van der Waals surface area (Å²) in [5.41, 5.74) is 0.0788. The van der Waals surface area contributed by atoms with Gasteiger partial charge in [0.2, 0.25) is 0 Å². The molecule has 4 rings (SSSR count). The molecular formula is C20H22N4O7S. The van der Waals surface area contributed by atoms with Crippen LogP contribution in [-0.2, 0) is 15.9 Å². The molecule has 170 valence electrons. The summed E-state index contributed by atoms with van der Waals surface area (Å²) in [6.45, 7) is 5.92. The number of rotatable bonds is 3. The smallest absolute Gasteiger partial charge is 0.416 e. The number of nitro groups is 1. The SMILES string of the molecule is CC(C)(C)OC(=O)Nc1nc2c(s1)[C@@H]1COC[C@H](C2)N1C(=O)Oc1ccc([N+](=O)[O-])cc1. The van der Waals surface area contributed by atoms with Crippen molar-refractivity contribution in [3.63, 3.8) is 0 Å². The molecule has 1 aromatic heterocycles. The first-order valence-corrected chi connectivity index (χ1v) is 10.7. The molecule has 0 saturated carbocycles. The molecule has 11 nitrogen and oxygen atoms in total. The Labute approximate surface area is 187 Å². The van der Waals surface area contributed by atoms with Crippen LogP contribution in [0.3, 0.4) is 0 Å². The molecule has 2 amide bonds. The number of nitrogens with one attached hydrogen (secondary N) is 1. The summed E-state index contributed by atoms with van der Waals surface area (Å²) in [6.07, 6.45) is -0.719. The van der Waals surface area contributed by atoms with E-state index >= 15 is 0 Å². The molecule has 1 fully saturated rings. The van der Waals surface area contributed by atoms with Gasteiger partial charge in [-0.1, -0.05) is 11.3 Å². The van der Waals surface area contributed by atoms with Crippen LogP contribution in [0.25, 0.3) is 0 Å². The van der Waals surface area contributed by atoms with E-state index in [1.54, 1.807) is 25.7 Å². The molecule has 1 saturated heterocycles. The molecule has 0 unspecified atom stereocenters. The zero-order valence-electron chi connectivity index (χ0n) is 17.7. The molecule has 2 aliphatic heterocycles. The molecule has 0 radical (unpaired) electrons. The maximum Gasteiger partial charge on any atom is 0.416 e. The van der Waals surface area contributed by atoms with Crippen LogP contribution in [0.4, 0.5) is 20.4 Å². The van der Waals surface area contributed by atoms with Crippen molar-refractivity contribution in [3.05, 3.63) is 45.0 Å². The van der Waals surface area contributed by atoms with Gasteiger partial charge < -0.3 is 14.2 Å². The highest BCUT2D eigenvalue weighted by Gasteiger charge is 2.44. The quantitative estimate of drug-likeness (QED) is 0.536. The molecule has 0 spiro atoms. The van der Waals surface area contributed by atoms with Gasteiger partial charge in [-0.25, -0.2) is 14.6 Å². The monoisotopic (exact) mass is 462 g/mol. The minimum absolute atomic E-state index is 0.0904. The topological polar surface area (TPSA) is 133 Å². The third-order valence-corrected chi connectivity index (χ3v) is 5.96. The molecule has 3 heterocycles. The second kappa shape index (κ2) is 8.36. The number of non-ortho nitro benzene ring substituents is 1. The lowest BCUT2D eigenvalue weighted by Gasteiger charge is -2.43. The molecule has 1 N–H and O–H groups in total. The summed E-state index contributed by atoms with van der Waals surface area (Å²) >= 11 is 1.26. The third kappa shape index (κ3) is 4.65. The second-order valence-corrected chi connectivity index (χ2v) is 9.42. The Hall–Kier alpha value is -3.25. The van der Waals surface area contributed by atoms with E-state index in [0.717, 1.165) is 10.6 Å². The molecule has 2 aliphatic rings. The first-order chi connectivity index (χ1) is 15.1. The molecule has 32 heavy (non-hydrogen) atoms. The molecule has 12 heteroatoms. The minimum Gasteiger partial charge on any atom is -0.444 e. The zero-order valence-corrected chi connectivity index (χ0v) is 18.5. The van der Waals surface area contributed by atoms with Gasteiger partial charge in [0.05, 0.1) is 40.8 Å². The van der Waals surface area contributed by atoms with Gasteiger partial charge in [-0.2, -0.15) is 0 Å². The van der Waals surface area contributed by atoms with Gasteiger partial charge in [0, 0.05) is 18.6 Å². The van der Waals surface area contributed by atoms with Crippen molar-refractivity contribution in [2.45, 2.75) is 44.9 Å². The summed E-state index contributed by atoms with van der Waals surface area (Å²) in [7, 11) is 0. The number of fused-ring (bicyclic) bond motifs is 4. The lowest BCUT2D eigenvalue weighted by Crippen LogP contribution is -2.54. The highest BCUT2D eigenvalue weighted by Crippen LogP contribution is 2.41. The minimum atomic E-state index is -0.635. The average molecular weight is 462 g/mol. The first-order valence-electron chi connectivity index (χ1n) is 9.92. The summed E-state index contributed by atoms with van der Waals surface area (Å²) in [6, 6.07) is 4.63. The molecule has 2 aromatic rings. The predicted octanol–water partition coefficient (Wildman–Crippen LogP) is 3.90. The number of nitro benzene ring substituents is 1. The number of carbonyl (C=O) groups is 2. The van der Waals surface area contributed by atoms with Gasteiger partial charge in [0.25, 0.3) is 5.69 Å². The normalized spacial score (nSPS) is 19.7. The Morgan fingerprint density at radius 1 is 1.28 bits per heavy atom. The van der Waals surface area contributed by atoms with Crippen molar-refractivity contribution in [3.8, 4) is 5.75 Å². The number of morpholine rings is 1. The summed E-state index contributed by atoms with van der Waals surface area (Å²) in [5, 5.41) is 13.8. The van der Waals surface area contributed by atoms with E-state index < -0.39 is 28.8 Å². The van der Waals surface area contributed by atoms with Gasteiger partial charge >= 0.3 is 12.2 Å². The van der Waals surface area contributed by atoms with Crippen molar-refractivity contribution >= 4 is 34.3 Å². The number of nitrogens with zero attached hydrogens (tertiary/aromatic N) is 3. The molecule has 1 aromatic carbocycles. The summed E-state index contributed by atoms with van der Waals surface area (Å²) in [4.78, 5) is 42.3. The number of hydrogen-bond acceptors (Lipinski definition) is 9. The van der Waals surface area contributed by atoms with Crippen LogP contribution < -0.4 is 10.1 Å². The maximum absolute atomic E-state index is 13.0. The number of hydrogen-bond donors (Lipinski definition) is 1. The number of amides is 2. The van der Waals surface area contributed by atoms with Crippen LogP contribution in [-0.4, -0.2) is 51.9 Å². The van der Waals surface area contributed by atoms with Crippen LogP contribution in [0.2, 0.25) is 0 Å². The van der Waals surface area contributed by atoms with Crippen molar-refractivity contribution in [1.29, 1.82) is 0 Å². The second-order valence-electron chi connectivity index (χ2n) is 8.39. The van der Waals surface area contributed by atoms with E-state index in [2.05, 4.69) is 10.3 Å². The Bertz CT molecular complexity index is 1050. The Morgan fingerprint density at radius 3 is 2.66 bits per heavy atom.